The molecule has 0 unspecified atom stereocenters. The third-order valence-electron chi connectivity index (χ3n) is 4.52. The van der Waals surface area contributed by atoms with E-state index in [0.717, 1.165) is 10.4 Å². The molecule has 3 aromatic carbocycles. The molecule has 0 bridgehead atoms. The first-order chi connectivity index (χ1) is 14.3. The Morgan fingerprint density at radius 3 is 2.53 bits per heavy atom. The first-order valence-electron chi connectivity index (χ1n) is 8.95. The van der Waals surface area contributed by atoms with Crippen molar-refractivity contribution in [2.45, 2.75) is 11.0 Å². The van der Waals surface area contributed by atoms with Crippen molar-refractivity contribution < 1.29 is 22.3 Å². The van der Waals surface area contributed by atoms with Crippen molar-refractivity contribution >= 4 is 38.9 Å². The lowest BCUT2D eigenvalue weighted by atomic mass is 10.2. The maximum absolute atomic E-state index is 13.4. The molecule has 1 atom stereocenters. The number of amides is 1. The standard InChI is InChI=1S/C21H16ClFN2O4S/c22-14-8-10-17(11-9-14)30(27,28)25-13-20(29-19-7-2-1-6-18(19)25)21(26)24-16-5-3-4-15(23)12-16/h1-12,20H,13H2,(H,24,26)/t20-/m1/s1. The zero-order valence-corrected chi connectivity index (χ0v) is 17.0. The van der Waals surface area contributed by atoms with Gasteiger partial charge in [0.15, 0.2) is 6.10 Å². The smallest absolute Gasteiger partial charge is 0.267 e. The number of carbonyl (C=O) groups is 1. The summed E-state index contributed by atoms with van der Waals surface area (Å²) < 4.78 is 46.8. The van der Waals surface area contributed by atoms with Crippen LogP contribution >= 0.6 is 11.6 Å². The van der Waals surface area contributed by atoms with E-state index in [2.05, 4.69) is 5.32 Å². The third-order valence-corrected chi connectivity index (χ3v) is 6.57. The summed E-state index contributed by atoms with van der Waals surface area (Å²) in [5.41, 5.74) is 0.567. The Labute approximate surface area is 177 Å². The van der Waals surface area contributed by atoms with Crippen LogP contribution in [0.1, 0.15) is 0 Å². The van der Waals surface area contributed by atoms with Crippen molar-refractivity contribution in [3.63, 3.8) is 0 Å². The molecule has 3 aromatic rings. The fourth-order valence-corrected chi connectivity index (χ4v) is 4.69. The highest BCUT2D eigenvalue weighted by molar-refractivity contribution is 7.92. The van der Waals surface area contributed by atoms with Crippen LogP contribution in [-0.2, 0) is 14.8 Å². The van der Waals surface area contributed by atoms with E-state index in [1.165, 1.54) is 42.5 Å². The maximum atomic E-state index is 13.4. The van der Waals surface area contributed by atoms with Gasteiger partial charge in [0.25, 0.3) is 15.9 Å². The summed E-state index contributed by atoms with van der Waals surface area (Å²) in [5.74, 6) is -0.846. The van der Waals surface area contributed by atoms with Gasteiger partial charge in [0, 0.05) is 10.7 Å². The molecule has 9 heteroatoms. The molecule has 0 fully saturated rings. The number of hydrogen-bond donors (Lipinski definition) is 1. The van der Waals surface area contributed by atoms with Crippen molar-refractivity contribution in [3.05, 3.63) is 83.6 Å². The van der Waals surface area contributed by atoms with Crippen molar-refractivity contribution in [2.24, 2.45) is 0 Å². The van der Waals surface area contributed by atoms with Crippen LogP contribution in [0.5, 0.6) is 5.75 Å². The number of benzene rings is 3. The predicted molar refractivity (Wildman–Crippen MR) is 112 cm³/mol. The fourth-order valence-electron chi connectivity index (χ4n) is 3.09. The van der Waals surface area contributed by atoms with Gasteiger partial charge in [-0.3, -0.25) is 9.10 Å². The maximum Gasteiger partial charge on any atom is 0.267 e. The Hall–Kier alpha value is -3.10. The minimum Gasteiger partial charge on any atom is -0.476 e. The van der Waals surface area contributed by atoms with Gasteiger partial charge < -0.3 is 10.1 Å². The number of nitrogens with zero attached hydrogens (tertiary/aromatic N) is 1. The Kier molecular flexibility index (Phi) is 5.36. The second kappa shape index (κ2) is 7.97. The van der Waals surface area contributed by atoms with Gasteiger partial charge in [0.2, 0.25) is 0 Å². The summed E-state index contributed by atoms with van der Waals surface area (Å²) in [6.07, 6.45) is -1.13. The van der Waals surface area contributed by atoms with Gasteiger partial charge in [-0.15, -0.1) is 0 Å². The second-order valence-electron chi connectivity index (χ2n) is 6.56. The number of ether oxygens (including phenoxy) is 1. The van der Waals surface area contributed by atoms with E-state index >= 15 is 0 Å². The van der Waals surface area contributed by atoms with Crippen molar-refractivity contribution in [2.75, 3.05) is 16.2 Å². The van der Waals surface area contributed by atoms with Gasteiger partial charge in [-0.1, -0.05) is 29.8 Å². The molecule has 4 rings (SSSR count). The first kappa shape index (κ1) is 20.2. The number of anilines is 2. The first-order valence-corrected chi connectivity index (χ1v) is 10.8. The third kappa shape index (κ3) is 3.96. The lowest BCUT2D eigenvalue weighted by molar-refractivity contribution is -0.122. The van der Waals surface area contributed by atoms with Crippen LogP contribution < -0.4 is 14.4 Å². The number of hydrogen-bond acceptors (Lipinski definition) is 4. The molecule has 1 aliphatic heterocycles. The van der Waals surface area contributed by atoms with Crippen LogP contribution in [0.25, 0.3) is 0 Å². The van der Waals surface area contributed by atoms with Gasteiger partial charge in [-0.25, -0.2) is 12.8 Å². The van der Waals surface area contributed by atoms with Crippen LogP contribution in [0.15, 0.2) is 77.7 Å². The number of nitrogens with one attached hydrogen (secondary N) is 1. The minimum atomic E-state index is -3.98. The Morgan fingerprint density at radius 2 is 1.80 bits per heavy atom. The van der Waals surface area contributed by atoms with E-state index in [1.54, 1.807) is 24.3 Å². The van der Waals surface area contributed by atoms with Crippen LogP contribution in [0.4, 0.5) is 15.8 Å². The molecule has 0 saturated carbocycles. The van der Waals surface area contributed by atoms with E-state index in [0.29, 0.717) is 10.7 Å². The van der Waals surface area contributed by atoms with Crippen molar-refractivity contribution in [3.8, 4) is 5.75 Å². The molecule has 1 N–H and O–H groups in total. The topological polar surface area (TPSA) is 75.7 Å². The van der Waals surface area contributed by atoms with E-state index in [9.17, 15) is 17.6 Å². The molecular formula is C21H16ClFN2O4S. The van der Waals surface area contributed by atoms with Gasteiger partial charge in [0.05, 0.1) is 17.1 Å². The summed E-state index contributed by atoms with van der Waals surface area (Å²) in [6.45, 7) is -0.247. The molecule has 154 valence electrons. The normalized spacial score (nSPS) is 15.8. The number of fused-ring (bicyclic) bond motifs is 1. The van der Waals surface area contributed by atoms with Crippen LogP contribution in [0.3, 0.4) is 0 Å². The lowest BCUT2D eigenvalue weighted by Gasteiger charge is -2.34. The highest BCUT2D eigenvalue weighted by atomic mass is 35.5. The highest BCUT2D eigenvalue weighted by Gasteiger charge is 2.37. The van der Waals surface area contributed by atoms with Crippen LogP contribution in [0.2, 0.25) is 5.02 Å². The van der Waals surface area contributed by atoms with E-state index in [1.807, 2.05) is 0 Å². The zero-order chi connectivity index (χ0) is 21.3. The predicted octanol–water partition coefficient (Wildman–Crippen LogP) is 4.07. The molecule has 1 aliphatic rings. The van der Waals surface area contributed by atoms with Gasteiger partial charge in [-0.2, -0.15) is 0 Å². The summed E-state index contributed by atoms with van der Waals surface area (Å²) in [7, 11) is -3.98. The summed E-state index contributed by atoms with van der Waals surface area (Å²) in [5, 5.41) is 2.97. The molecule has 1 heterocycles. The molecule has 1 amide bonds. The summed E-state index contributed by atoms with van der Waals surface area (Å²) in [4.78, 5) is 12.8. The lowest BCUT2D eigenvalue weighted by Crippen LogP contribution is -2.48. The molecule has 0 spiro atoms. The van der Waals surface area contributed by atoms with Crippen LogP contribution in [-0.4, -0.2) is 27.0 Å². The number of halogens is 2. The quantitative estimate of drug-likeness (QED) is 0.655. The van der Waals surface area contributed by atoms with Crippen LogP contribution in [0, 0.1) is 5.82 Å². The molecule has 0 aromatic heterocycles. The van der Waals surface area contributed by atoms with E-state index < -0.39 is 27.9 Å². The average molecular weight is 447 g/mol. The summed E-state index contributed by atoms with van der Waals surface area (Å²) in [6, 6.07) is 17.7. The van der Waals surface area contributed by atoms with Crippen molar-refractivity contribution in [1.82, 2.24) is 0 Å². The second-order valence-corrected chi connectivity index (χ2v) is 8.86. The van der Waals surface area contributed by atoms with Gasteiger partial charge >= 0.3 is 0 Å². The number of rotatable bonds is 4. The molecule has 0 aliphatic carbocycles. The van der Waals surface area contributed by atoms with E-state index in [4.69, 9.17) is 16.3 Å². The molecular weight excluding hydrogens is 431 g/mol. The number of carbonyl (C=O) groups excluding carboxylic acids is 1. The number of para-hydroxylation sites is 2. The fraction of sp³-hybridized carbons (Fsp3) is 0.0952. The molecule has 6 nitrogen and oxygen atoms in total. The van der Waals surface area contributed by atoms with Gasteiger partial charge in [-0.05, 0) is 54.6 Å². The average Bonchev–Trinajstić information content (AvgIpc) is 2.73. The minimum absolute atomic E-state index is 0.0351. The van der Waals surface area contributed by atoms with E-state index in [-0.39, 0.29) is 22.9 Å². The Bertz CT molecular complexity index is 1200. The SMILES string of the molecule is O=C(Nc1cccc(F)c1)[C@H]1CN(S(=O)(=O)c2ccc(Cl)cc2)c2ccccc2O1. The molecule has 30 heavy (non-hydrogen) atoms. The molecule has 0 saturated heterocycles. The largest absolute Gasteiger partial charge is 0.476 e. The number of sulfonamides is 1. The Morgan fingerprint density at radius 1 is 1.07 bits per heavy atom. The van der Waals surface area contributed by atoms with Crippen molar-refractivity contribution in [1.29, 1.82) is 0 Å². The Balaban J connectivity index is 1.67. The van der Waals surface area contributed by atoms with Gasteiger partial charge in [0.1, 0.15) is 11.6 Å². The highest BCUT2D eigenvalue weighted by Crippen LogP contribution is 2.37. The molecule has 0 radical (unpaired) electrons. The monoisotopic (exact) mass is 446 g/mol. The zero-order valence-electron chi connectivity index (χ0n) is 15.5. The summed E-state index contributed by atoms with van der Waals surface area (Å²) >= 11 is 5.87.